The zero-order valence-electron chi connectivity index (χ0n) is 15.4. The smallest absolute Gasteiger partial charge is 0.229 e. The van der Waals surface area contributed by atoms with Gasteiger partial charge in [0.05, 0.1) is 5.92 Å². The molecule has 0 saturated carbocycles. The van der Waals surface area contributed by atoms with Gasteiger partial charge in [-0.15, -0.1) is 0 Å². The summed E-state index contributed by atoms with van der Waals surface area (Å²) in [6, 6.07) is 18.0. The van der Waals surface area contributed by atoms with Crippen LogP contribution in [0.15, 0.2) is 54.6 Å². The molecule has 0 bridgehead atoms. The van der Waals surface area contributed by atoms with Crippen LogP contribution in [-0.2, 0) is 16.0 Å². The summed E-state index contributed by atoms with van der Waals surface area (Å²) in [4.78, 5) is 26.6. The molecule has 0 aromatic heterocycles. The monoisotopic (exact) mass is 350 g/mol. The van der Waals surface area contributed by atoms with Crippen LogP contribution in [0, 0.1) is 5.92 Å². The standard InChI is InChI=1S/C22H26N2O2/c1-16(2)18-9-6-10-20(13-18)23-22(26)19-14-21(25)24(15-19)12-11-17-7-4-3-5-8-17/h3-10,13,16,19H,11-12,14-15H2,1-2H3,(H,23,26). The van der Waals surface area contributed by atoms with Crippen molar-refractivity contribution < 1.29 is 9.59 Å². The maximum absolute atomic E-state index is 12.6. The van der Waals surface area contributed by atoms with E-state index in [0.717, 1.165) is 12.1 Å². The minimum Gasteiger partial charge on any atom is -0.342 e. The number of benzene rings is 2. The van der Waals surface area contributed by atoms with Crippen molar-refractivity contribution in [1.29, 1.82) is 0 Å². The van der Waals surface area contributed by atoms with E-state index in [1.165, 1.54) is 11.1 Å². The average molecular weight is 350 g/mol. The lowest BCUT2D eigenvalue weighted by Gasteiger charge is -2.17. The van der Waals surface area contributed by atoms with Gasteiger partial charge in [-0.3, -0.25) is 9.59 Å². The number of carbonyl (C=O) groups is 2. The van der Waals surface area contributed by atoms with Crippen molar-refractivity contribution in [2.45, 2.75) is 32.6 Å². The fourth-order valence-corrected chi connectivity index (χ4v) is 3.29. The first kappa shape index (κ1) is 18.2. The van der Waals surface area contributed by atoms with Gasteiger partial charge in [0.15, 0.2) is 0 Å². The molecule has 1 heterocycles. The molecule has 2 aromatic carbocycles. The summed E-state index contributed by atoms with van der Waals surface area (Å²) >= 11 is 0. The van der Waals surface area contributed by atoms with Gasteiger partial charge >= 0.3 is 0 Å². The number of amides is 2. The van der Waals surface area contributed by atoms with Gasteiger partial charge in [-0.05, 0) is 35.6 Å². The lowest BCUT2D eigenvalue weighted by Crippen LogP contribution is -2.30. The zero-order valence-corrected chi connectivity index (χ0v) is 15.4. The molecular formula is C22H26N2O2. The molecule has 1 aliphatic rings. The van der Waals surface area contributed by atoms with Crippen molar-refractivity contribution in [1.82, 2.24) is 4.90 Å². The summed E-state index contributed by atoms with van der Waals surface area (Å²) in [5.74, 6) is 0.132. The van der Waals surface area contributed by atoms with Gasteiger partial charge in [0, 0.05) is 25.2 Å². The number of nitrogens with one attached hydrogen (secondary N) is 1. The number of anilines is 1. The molecule has 2 amide bonds. The second-order valence-electron chi connectivity index (χ2n) is 7.25. The zero-order chi connectivity index (χ0) is 18.5. The Labute approximate surface area is 155 Å². The molecule has 1 saturated heterocycles. The molecule has 1 atom stereocenters. The first-order chi connectivity index (χ1) is 12.5. The Morgan fingerprint density at radius 1 is 1.15 bits per heavy atom. The van der Waals surface area contributed by atoms with E-state index in [4.69, 9.17) is 0 Å². The fourth-order valence-electron chi connectivity index (χ4n) is 3.29. The molecule has 4 heteroatoms. The molecule has 1 N–H and O–H groups in total. The molecular weight excluding hydrogens is 324 g/mol. The van der Waals surface area contributed by atoms with Gasteiger partial charge in [-0.1, -0.05) is 56.3 Å². The van der Waals surface area contributed by atoms with Crippen molar-refractivity contribution in [3.05, 3.63) is 65.7 Å². The Balaban J connectivity index is 1.56. The number of carbonyl (C=O) groups excluding carboxylic acids is 2. The third kappa shape index (κ3) is 4.51. The van der Waals surface area contributed by atoms with Crippen LogP contribution >= 0.6 is 0 Å². The first-order valence-corrected chi connectivity index (χ1v) is 9.25. The number of hydrogen-bond donors (Lipinski definition) is 1. The summed E-state index contributed by atoms with van der Waals surface area (Å²) in [5, 5.41) is 2.98. The minimum atomic E-state index is -0.277. The summed E-state index contributed by atoms with van der Waals surface area (Å²) in [6.45, 7) is 5.42. The van der Waals surface area contributed by atoms with E-state index in [2.05, 4.69) is 37.4 Å². The third-order valence-corrected chi connectivity index (χ3v) is 4.92. The van der Waals surface area contributed by atoms with Gasteiger partial charge in [-0.2, -0.15) is 0 Å². The molecule has 1 aliphatic heterocycles. The number of nitrogens with zero attached hydrogens (tertiary/aromatic N) is 1. The average Bonchev–Trinajstić information content (AvgIpc) is 3.02. The second-order valence-corrected chi connectivity index (χ2v) is 7.25. The molecule has 26 heavy (non-hydrogen) atoms. The first-order valence-electron chi connectivity index (χ1n) is 9.25. The molecule has 0 aliphatic carbocycles. The molecule has 3 rings (SSSR count). The van der Waals surface area contributed by atoms with Crippen LogP contribution in [0.1, 0.15) is 37.3 Å². The molecule has 0 spiro atoms. The van der Waals surface area contributed by atoms with Crippen LogP contribution in [-0.4, -0.2) is 29.8 Å². The van der Waals surface area contributed by atoms with Gasteiger partial charge in [-0.25, -0.2) is 0 Å². The predicted molar refractivity (Wildman–Crippen MR) is 104 cm³/mol. The second kappa shape index (κ2) is 8.17. The largest absolute Gasteiger partial charge is 0.342 e. The molecule has 1 unspecified atom stereocenters. The Kier molecular flexibility index (Phi) is 5.71. The highest BCUT2D eigenvalue weighted by Gasteiger charge is 2.34. The maximum atomic E-state index is 12.6. The highest BCUT2D eigenvalue weighted by molar-refractivity contribution is 5.97. The molecule has 1 fully saturated rings. The third-order valence-electron chi connectivity index (χ3n) is 4.92. The Hall–Kier alpha value is -2.62. The Morgan fingerprint density at radius 3 is 2.65 bits per heavy atom. The van der Waals surface area contributed by atoms with E-state index in [1.54, 1.807) is 0 Å². The number of rotatable bonds is 6. The van der Waals surface area contributed by atoms with Crippen molar-refractivity contribution in [3.63, 3.8) is 0 Å². The van der Waals surface area contributed by atoms with Gasteiger partial charge in [0.1, 0.15) is 0 Å². The summed E-state index contributed by atoms with van der Waals surface area (Å²) in [7, 11) is 0. The predicted octanol–water partition coefficient (Wildman–Crippen LogP) is 3.84. The van der Waals surface area contributed by atoms with Crippen molar-refractivity contribution in [2.75, 3.05) is 18.4 Å². The van der Waals surface area contributed by atoms with Crippen LogP contribution in [0.25, 0.3) is 0 Å². The van der Waals surface area contributed by atoms with Crippen LogP contribution < -0.4 is 5.32 Å². The molecule has 136 valence electrons. The van der Waals surface area contributed by atoms with E-state index >= 15 is 0 Å². The number of hydrogen-bond acceptors (Lipinski definition) is 2. The van der Waals surface area contributed by atoms with Crippen LogP contribution in [0.4, 0.5) is 5.69 Å². The van der Waals surface area contributed by atoms with E-state index < -0.39 is 0 Å². The quantitative estimate of drug-likeness (QED) is 0.860. The van der Waals surface area contributed by atoms with Gasteiger partial charge in [0.2, 0.25) is 11.8 Å². The van der Waals surface area contributed by atoms with Crippen LogP contribution in [0.2, 0.25) is 0 Å². The maximum Gasteiger partial charge on any atom is 0.229 e. The summed E-state index contributed by atoms with van der Waals surface area (Å²) in [5.41, 5.74) is 3.20. The van der Waals surface area contributed by atoms with Crippen LogP contribution in [0.5, 0.6) is 0 Å². The lowest BCUT2D eigenvalue weighted by atomic mass is 10.0. The van der Waals surface area contributed by atoms with Crippen molar-refractivity contribution in [2.24, 2.45) is 5.92 Å². The lowest BCUT2D eigenvalue weighted by molar-refractivity contribution is -0.128. The Bertz CT molecular complexity index is 771. The topological polar surface area (TPSA) is 49.4 Å². The Morgan fingerprint density at radius 2 is 1.92 bits per heavy atom. The van der Waals surface area contributed by atoms with Crippen molar-refractivity contribution in [3.8, 4) is 0 Å². The van der Waals surface area contributed by atoms with E-state index in [1.807, 2.05) is 41.3 Å². The van der Waals surface area contributed by atoms with Gasteiger partial charge < -0.3 is 10.2 Å². The highest BCUT2D eigenvalue weighted by Crippen LogP contribution is 2.22. The van der Waals surface area contributed by atoms with E-state index in [0.29, 0.717) is 25.4 Å². The summed E-state index contributed by atoms with van der Waals surface area (Å²) in [6.07, 6.45) is 1.11. The molecule has 2 aromatic rings. The normalized spacial score (nSPS) is 17.0. The minimum absolute atomic E-state index is 0.0667. The molecule has 4 nitrogen and oxygen atoms in total. The fraction of sp³-hybridized carbons (Fsp3) is 0.364. The number of likely N-dealkylation sites (tertiary alicyclic amines) is 1. The van der Waals surface area contributed by atoms with Gasteiger partial charge in [0.25, 0.3) is 0 Å². The summed E-state index contributed by atoms with van der Waals surface area (Å²) < 4.78 is 0. The SMILES string of the molecule is CC(C)c1cccc(NC(=O)C2CC(=O)N(CCc3ccccc3)C2)c1. The van der Waals surface area contributed by atoms with E-state index in [9.17, 15) is 9.59 Å². The molecule has 0 radical (unpaired) electrons. The van der Waals surface area contributed by atoms with Crippen molar-refractivity contribution >= 4 is 17.5 Å². The van der Waals surface area contributed by atoms with Crippen LogP contribution in [0.3, 0.4) is 0 Å². The highest BCUT2D eigenvalue weighted by atomic mass is 16.2. The van der Waals surface area contributed by atoms with E-state index in [-0.39, 0.29) is 17.7 Å².